The predicted molar refractivity (Wildman–Crippen MR) is 83.8 cm³/mol. The minimum Gasteiger partial charge on any atom is -0.339 e. The molecule has 2 rings (SSSR count). The van der Waals surface area contributed by atoms with E-state index in [2.05, 4.69) is 36.0 Å². The third-order valence-electron chi connectivity index (χ3n) is 3.61. The highest BCUT2D eigenvalue weighted by Gasteiger charge is 2.22. The van der Waals surface area contributed by atoms with Gasteiger partial charge in [0, 0.05) is 44.5 Å². The van der Waals surface area contributed by atoms with Gasteiger partial charge in [-0.3, -0.25) is 14.7 Å². The topological polar surface area (TPSA) is 48.5 Å². The smallest absolute Gasteiger partial charge is 0.236 e. The Labute approximate surface area is 127 Å². The largest absolute Gasteiger partial charge is 0.339 e. The molecule has 5 nitrogen and oxygen atoms in total. The van der Waals surface area contributed by atoms with Crippen molar-refractivity contribution < 1.29 is 4.79 Å². The highest BCUT2D eigenvalue weighted by atomic mass is 16.2. The first kappa shape index (κ1) is 15.9. The van der Waals surface area contributed by atoms with E-state index < -0.39 is 0 Å². The molecule has 1 N–H and O–H groups in total. The summed E-state index contributed by atoms with van der Waals surface area (Å²) in [5.41, 5.74) is 1.07. The van der Waals surface area contributed by atoms with Crippen molar-refractivity contribution in [2.75, 3.05) is 32.7 Å². The normalized spacial score (nSPS) is 17.0. The van der Waals surface area contributed by atoms with Crippen molar-refractivity contribution in [2.24, 2.45) is 0 Å². The van der Waals surface area contributed by atoms with Gasteiger partial charge in [-0.2, -0.15) is 0 Å². The van der Waals surface area contributed by atoms with Crippen LogP contribution in [0.15, 0.2) is 24.4 Å². The van der Waals surface area contributed by atoms with Crippen LogP contribution in [0.2, 0.25) is 0 Å². The van der Waals surface area contributed by atoms with E-state index in [0.29, 0.717) is 6.54 Å². The monoisotopic (exact) mass is 290 g/mol. The van der Waals surface area contributed by atoms with E-state index in [1.807, 2.05) is 29.3 Å². The zero-order valence-corrected chi connectivity index (χ0v) is 13.3. The zero-order valence-electron chi connectivity index (χ0n) is 13.3. The summed E-state index contributed by atoms with van der Waals surface area (Å²) in [5, 5.41) is 3.26. The molecule has 0 saturated carbocycles. The van der Waals surface area contributed by atoms with Gasteiger partial charge in [-0.15, -0.1) is 0 Å². The van der Waals surface area contributed by atoms with Crippen LogP contribution in [0.4, 0.5) is 0 Å². The van der Waals surface area contributed by atoms with Crippen LogP contribution in [-0.4, -0.2) is 59.0 Å². The minimum atomic E-state index is -0.0174. The van der Waals surface area contributed by atoms with E-state index in [0.717, 1.165) is 38.4 Å². The lowest BCUT2D eigenvalue weighted by molar-refractivity contribution is -0.132. The summed E-state index contributed by atoms with van der Waals surface area (Å²) in [6, 6.07) is 5.99. The summed E-state index contributed by atoms with van der Waals surface area (Å²) < 4.78 is 0. The molecule has 0 radical (unpaired) electrons. The fourth-order valence-electron chi connectivity index (χ4n) is 2.33. The molecule has 0 bridgehead atoms. The van der Waals surface area contributed by atoms with Gasteiger partial charge in [0.05, 0.1) is 12.2 Å². The maximum absolute atomic E-state index is 12.1. The molecule has 1 saturated heterocycles. The van der Waals surface area contributed by atoms with Crippen molar-refractivity contribution in [3.63, 3.8) is 0 Å². The van der Waals surface area contributed by atoms with Crippen LogP contribution in [0.5, 0.6) is 0 Å². The number of piperazine rings is 1. The van der Waals surface area contributed by atoms with Gasteiger partial charge in [0.25, 0.3) is 0 Å². The molecule has 116 valence electrons. The van der Waals surface area contributed by atoms with Gasteiger partial charge in [0.2, 0.25) is 5.91 Å². The van der Waals surface area contributed by atoms with Crippen molar-refractivity contribution in [2.45, 2.75) is 32.9 Å². The quantitative estimate of drug-likeness (QED) is 0.902. The average Bonchev–Trinajstić information content (AvgIpc) is 2.46. The molecule has 1 aromatic heterocycles. The van der Waals surface area contributed by atoms with Crippen molar-refractivity contribution in [1.29, 1.82) is 0 Å². The Hall–Kier alpha value is -1.46. The number of rotatable bonds is 4. The number of aromatic nitrogens is 1. The molecule has 0 aliphatic carbocycles. The zero-order chi connectivity index (χ0) is 15.3. The number of hydrogen-bond donors (Lipinski definition) is 1. The van der Waals surface area contributed by atoms with Crippen LogP contribution in [-0.2, 0) is 11.3 Å². The van der Waals surface area contributed by atoms with Crippen LogP contribution >= 0.6 is 0 Å². The van der Waals surface area contributed by atoms with E-state index in [9.17, 15) is 4.79 Å². The number of carbonyl (C=O) groups is 1. The second-order valence-electron chi connectivity index (χ2n) is 6.58. The van der Waals surface area contributed by atoms with Gasteiger partial charge in [-0.05, 0) is 32.9 Å². The summed E-state index contributed by atoms with van der Waals surface area (Å²) in [4.78, 5) is 20.8. The number of hydrogen-bond acceptors (Lipinski definition) is 4. The Morgan fingerprint density at radius 1 is 1.24 bits per heavy atom. The molecule has 0 aromatic carbocycles. The number of carbonyl (C=O) groups excluding carboxylic acids is 1. The Balaban J connectivity index is 1.74. The Morgan fingerprint density at radius 2 is 1.95 bits per heavy atom. The highest BCUT2D eigenvalue weighted by Crippen LogP contribution is 2.07. The van der Waals surface area contributed by atoms with Gasteiger partial charge < -0.3 is 10.2 Å². The van der Waals surface area contributed by atoms with E-state index in [4.69, 9.17) is 0 Å². The van der Waals surface area contributed by atoms with Crippen LogP contribution < -0.4 is 5.32 Å². The van der Waals surface area contributed by atoms with Crippen LogP contribution in [0.25, 0.3) is 0 Å². The van der Waals surface area contributed by atoms with Gasteiger partial charge >= 0.3 is 0 Å². The second-order valence-corrected chi connectivity index (χ2v) is 6.58. The third-order valence-corrected chi connectivity index (χ3v) is 3.61. The molecule has 21 heavy (non-hydrogen) atoms. The summed E-state index contributed by atoms with van der Waals surface area (Å²) in [6.07, 6.45) is 1.83. The summed E-state index contributed by atoms with van der Waals surface area (Å²) in [7, 11) is 0. The first-order chi connectivity index (χ1) is 9.94. The molecule has 0 spiro atoms. The predicted octanol–water partition coefficient (Wildman–Crippen LogP) is 1.11. The van der Waals surface area contributed by atoms with Crippen molar-refractivity contribution in [1.82, 2.24) is 20.1 Å². The molecule has 0 atom stereocenters. The standard InChI is InChI=1S/C16H26N4O/c1-16(2,3)18-12-15(21)20-10-8-19(9-11-20)13-14-6-4-5-7-17-14/h4-7,18H,8-13H2,1-3H3. The Kier molecular flexibility index (Phi) is 5.31. The molecule has 1 aromatic rings. The van der Waals surface area contributed by atoms with Crippen molar-refractivity contribution >= 4 is 5.91 Å². The summed E-state index contributed by atoms with van der Waals surface area (Å²) >= 11 is 0. The minimum absolute atomic E-state index is 0.0174. The lowest BCUT2D eigenvalue weighted by Gasteiger charge is -2.35. The van der Waals surface area contributed by atoms with Gasteiger partial charge in [-0.25, -0.2) is 0 Å². The summed E-state index contributed by atoms with van der Waals surface area (Å²) in [6.45, 7) is 10.9. The van der Waals surface area contributed by atoms with Gasteiger partial charge in [0.1, 0.15) is 0 Å². The number of amides is 1. The average molecular weight is 290 g/mol. The molecule has 0 unspecified atom stereocenters. The van der Waals surface area contributed by atoms with Gasteiger partial charge in [0.15, 0.2) is 0 Å². The molecule has 1 amide bonds. The number of pyridine rings is 1. The van der Waals surface area contributed by atoms with Crippen molar-refractivity contribution in [3.8, 4) is 0 Å². The molecular formula is C16H26N4O. The lowest BCUT2D eigenvalue weighted by Crippen LogP contribution is -2.52. The van der Waals surface area contributed by atoms with Gasteiger partial charge in [-0.1, -0.05) is 6.07 Å². The molecule has 5 heteroatoms. The Morgan fingerprint density at radius 3 is 2.52 bits per heavy atom. The fraction of sp³-hybridized carbons (Fsp3) is 0.625. The number of nitrogens with zero attached hydrogens (tertiary/aromatic N) is 3. The fourth-order valence-corrected chi connectivity index (χ4v) is 2.33. The van der Waals surface area contributed by atoms with E-state index >= 15 is 0 Å². The maximum Gasteiger partial charge on any atom is 0.236 e. The van der Waals surface area contributed by atoms with Crippen molar-refractivity contribution in [3.05, 3.63) is 30.1 Å². The lowest BCUT2D eigenvalue weighted by atomic mass is 10.1. The van der Waals surface area contributed by atoms with Crippen LogP contribution in [0.1, 0.15) is 26.5 Å². The highest BCUT2D eigenvalue weighted by molar-refractivity contribution is 5.78. The number of nitrogens with one attached hydrogen (secondary N) is 1. The molecule has 1 aliphatic rings. The first-order valence-electron chi connectivity index (χ1n) is 7.59. The van der Waals surface area contributed by atoms with E-state index in [1.54, 1.807) is 0 Å². The molecular weight excluding hydrogens is 264 g/mol. The second kappa shape index (κ2) is 7.00. The summed E-state index contributed by atoms with van der Waals surface area (Å²) in [5.74, 6) is 0.197. The van der Waals surface area contributed by atoms with E-state index in [1.165, 1.54) is 0 Å². The first-order valence-corrected chi connectivity index (χ1v) is 7.59. The molecule has 1 aliphatic heterocycles. The molecule has 1 fully saturated rings. The Bertz CT molecular complexity index is 447. The van der Waals surface area contributed by atoms with E-state index in [-0.39, 0.29) is 11.4 Å². The van der Waals surface area contributed by atoms with Crippen LogP contribution in [0.3, 0.4) is 0 Å². The SMILES string of the molecule is CC(C)(C)NCC(=O)N1CCN(Cc2ccccn2)CC1. The molecule has 2 heterocycles. The van der Waals surface area contributed by atoms with Crippen LogP contribution in [0, 0.1) is 0 Å². The third kappa shape index (κ3) is 5.44. The maximum atomic E-state index is 12.1.